The fourth-order valence-corrected chi connectivity index (χ4v) is 0. The number of aliphatic carboxylic acids is 1. The Hall–Kier alpha value is -0.870. The molecule has 0 fully saturated rings. The summed E-state index contributed by atoms with van der Waals surface area (Å²) in [5.41, 5.74) is 2.25. The van der Waals surface area contributed by atoms with Gasteiger partial charge in [0.1, 0.15) is 0 Å². The first-order valence-electron chi connectivity index (χ1n) is 1.91. The molecule has 0 saturated heterocycles. The third-order valence-corrected chi connectivity index (χ3v) is 0.175. The second-order valence-electron chi connectivity index (χ2n) is 0.831. The lowest BCUT2D eigenvalue weighted by Gasteiger charge is -1.64. The number of hydrogen-bond donors (Lipinski definition) is 3. The Morgan fingerprint density at radius 1 is 2.00 bits per heavy atom. The Balaban J connectivity index is 0. The van der Waals surface area contributed by atoms with Crippen molar-refractivity contribution in [1.82, 2.24) is 5.43 Å². The van der Waals surface area contributed by atoms with Gasteiger partial charge in [-0.3, -0.25) is 11.3 Å². The molecular formula is C4H10N2O2. The number of carboxylic acid groups (broad SMARTS) is 1. The van der Waals surface area contributed by atoms with Crippen LogP contribution in [0, 0.1) is 0 Å². The molecule has 0 rings (SSSR count). The Kier molecular flexibility index (Phi) is 12.0. The van der Waals surface area contributed by atoms with Crippen LogP contribution in [0.5, 0.6) is 0 Å². The van der Waals surface area contributed by atoms with E-state index in [1.807, 2.05) is 0 Å². The Morgan fingerprint density at radius 2 is 2.12 bits per heavy atom. The van der Waals surface area contributed by atoms with E-state index < -0.39 is 5.97 Å². The van der Waals surface area contributed by atoms with Gasteiger partial charge in [0.15, 0.2) is 0 Å². The summed E-state index contributed by atoms with van der Waals surface area (Å²) in [4.78, 5) is 9.25. The summed E-state index contributed by atoms with van der Waals surface area (Å²) < 4.78 is 0. The van der Waals surface area contributed by atoms with Crippen LogP contribution < -0.4 is 11.3 Å². The molecule has 4 nitrogen and oxygen atoms in total. The molecule has 0 aliphatic heterocycles. The van der Waals surface area contributed by atoms with Crippen molar-refractivity contribution in [3.8, 4) is 0 Å². The molecule has 8 heavy (non-hydrogen) atoms. The zero-order valence-corrected chi connectivity index (χ0v) is 4.72. The van der Waals surface area contributed by atoms with E-state index in [0.29, 0.717) is 0 Å². The highest BCUT2D eigenvalue weighted by molar-refractivity contribution is 5.78. The predicted molar refractivity (Wildman–Crippen MR) is 31.1 cm³/mol. The van der Waals surface area contributed by atoms with E-state index in [1.165, 1.54) is 0 Å². The van der Waals surface area contributed by atoms with Gasteiger partial charge in [-0.2, -0.15) is 0 Å². The molecule has 4 heteroatoms. The van der Waals surface area contributed by atoms with Crippen molar-refractivity contribution < 1.29 is 9.90 Å². The Labute approximate surface area is 48.0 Å². The fraction of sp³-hybridized carbons (Fsp3) is 0.250. The minimum Gasteiger partial charge on any atom is -0.478 e. The van der Waals surface area contributed by atoms with Crippen molar-refractivity contribution in [2.45, 2.75) is 0 Å². The van der Waals surface area contributed by atoms with Crippen molar-refractivity contribution >= 4 is 5.97 Å². The van der Waals surface area contributed by atoms with Crippen LogP contribution in [-0.2, 0) is 4.79 Å². The fourth-order valence-electron chi connectivity index (χ4n) is 0. The third kappa shape index (κ3) is 68.5. The van der Waals surface area contributed by atoms with Crippen LogP contribution in [0.1, 0.15) is 0 Å². The smallest absolute Gasteiger partial charge is 0.327 e. The first-order valence-corrected chi connectivity index (χ1v) is 1.91. The minimum absolute atomic E-state index is 0.833. The molecule has 0 radical (unpaired) electrons. The van der Waals surface area contributed by atoms with Crippen molar-refractivity contribution in [2.24, 2.45) is 5.84 Å². The van der Waals surface area contributed by atoms with Gasteiger partial charge >= 0.3 is 5.97 Å². The average Bonchev–Trinajstić information content (AvgIpc) is 1.69. The lowest BCUT2D eigenvalue weighted by atomic mass is 10.7. The van der Waals surface area contributed by atoms with Crippen LogP contribution >= 0.6 is 0 Å². The second-order valence-corrected chi connectivity index (χ2v) is 0.831. The third-order valence-electron chi connectivity index (χ3n) is 0.175. The number of hydrogen-bond acceptors (Lipinski definition) is 3. The number of carbonyl (C=O) groups is 1. The van der Waals surface area contributed by atoms with E-state index in [0.717, 1.165) is 6.08 Å². The van der Waals surface area contributed by atoms with Gasteiger partial charge in [0.2, 0.25) is 0 Å². The first kappa shape index (κ1) is 10.2. The zero-order valence-electron chi connectivity index (χ0n) is 4.72. The molecule has 0 saturated carbocycles. The number of nitrogens with one attached hydrogen (secondary N) is 1. The molecule has 4 N–H and O–H groups in total. The van der Waals surface area contributed by atoms with E-state index in [2.05, 4.69) is 17.8 Å². The van der Waals surface area contributed by atoms with E-state index >= 15 is 0 Å². The molecule has 0 heterocycles. The highest BCUT2D eigenvalue weighted by Crippen LogP contribution is 1.54. The highest BCUT2D eigenvalue weighted by atomic mass is 16.4. The van der Waals surface area contributed by atoms with Gasteiger partial charge in [-0.25, -0.2) is 4.79 Å². The number of rotatable bonds is 1. The number of carboxylic acids is 1. The molecule has 0 aliphatic carbocycles. The molecule has 0 aliphatic rings. The van der Waals surface area contributed by atoms with Crippen LogP contribution in [0.4, 0.5) is 0 Å². The largest absolute Gasteiger partial charge is 0.478 e. The van der Waals surface area contributed by atoms with Gasteiger partial charge in [-0.1, -0.05) is 6.58 Å². The molecule has 0 aromatic carbocycles. The summed E-state index contributed by atoms with van der Waals surface area (Å²) in [6.07, 6.45) is 0.833. The highest BCUT2D eigenvalue weighted by Gasteiger charge is 1.73. The molecule has 0 amide bonds. The molecule has 0 aromatic rings. The van der Waals surface area contributed by atoms with Crippen LogP contribution in [0.15, 0.2) is 12.7 Å². The predicted octanol–water partition coefficient (Wildman–Crippen LogP) is -0.663. The zero-order chi connectivity index (χ0) is 6.99. The maximum Gasteiger partial charge on any atom is 0.327 e. The summed E-state index contributed by atoms with van der Waals surface area (Å²) in [5, 5.41) is 7.60. The summed E-state index contributed by atoms with van der Waals surface area (Å²) in [5.74, 6) is 3.62. The summed E-state index contributed by atoms with van der Waals surface area (Å²) >= 11 is 0. The van der Waals surface area contributed by atoms with Gasteiger partial charge in [-0.15, -0.1) is 0 Å². The molecule has 0 unspecified atom stereocenters. The quantitative estimate of drug-likeness (QED) is 0.242. The van der Waals surface area contributed by atoms with Gasteiger partial charge in [0.25, 0.3) is 0 Å². The number of nitrogens with two attached hydrogens (primary N) is 1. The van der Waals surface area contributed by atoms with Gasteiger partial charge in [0.05, 0.1) is 0 Å². The lowest BCUT2D eigenvalue weighted by molar-refractivity contribution is -0.131. The average molecular weight is 118 g/mol. The van der Waals surface area contributed by atoms with Gasteiger partial charge in [-0.05, 0) is 7.05 Å². The maximum atomic E-state index is 9.25. The van der Waals surface area contributed by atoms with E-state index in [4.69, 9.17) is 5.11 Å². The summed E-state index contributed by atoms with van der Waals surface area (Å²) in [7, 11) is 1.65. The van der Waals surface area contributed by atoms with E-state index in [9.17, 15) is 4.79 Å². The monoisotopic (exact) mass is 118 g/mol. The first-order chi connectivity index (χ1) is 3.68. The van der Waals surface area contributed by atoms with Crippen molar-refractivity contribution in [1.29, 1.82) is 0 Å². The Bertz CT molecular complexity index is 72.4. The summed E-state index contributed by atoms with van der Waals surface area (Å²) in [6, 6.07) is 0. The van der Waals surface area contributed by atoms with Crippen molar-refractivity contribution in [2.75, 3.05) is 7.05 Å². The molecule has 0 spiro atoms. The molecule has 0 bridgehead atoms. The Morgan fingerprint density at radius 3 is 2.12 bits per heavy atom. The molecule has 0 atom stereocenters. The minimum atomic E-state index is -0.981. The number of hydrazine groups is 1. The van der Waals surface area contributed by atoms with E-state index in [1.54, 1.807) is 7.05 Å². The standard InChI is InChI=1S/C3H4O2.CH6N2/c1-2-3(4)5;1-3-2/h2H,1H2,(H,4,5);3H,2H2,1H3. The van der Waals surface area contributed by atoms with Crippen LogP contribution in [-0.4, -0.2) is 18.1 Å². The maximum absolute atomic E-state index is 9.25. The summed E-state index contributed by atoms with van der Waals surface area (Å²) in [6.45, 7) is 2.96. The topological polar surface area (TPSA) is 75.3 Å². The van der Waals surface area contributed by atoms with Crippen LogP contribution in [0.25, 0.3) is 0 Å². The molecule has 48 valence electrons. The van der Waals surface area contributed by atoms with Gasteiger partial charge in [0, 0.05) is 6.08 Å². The van der Waals surface area contributed by atoms with E-state index in [-0.39, 0.29) is 0 Å². The molecule has 0 aromatic heterocycles. The normalized spacial score (nSPS) is 6.25. The van der Waals surface area contributed by atoms with Gasteiger partial charge < -0.3 is 5.11 Å². The molecular weight excluding hydrogens is 108 g/mol. The van der Waals surface area contributed by atoms with Crippen LogP contribution in [0.2, 0.25) is 0 Å². The van der Waals surface area contributed by atoms with Crippen molar-refractivity contribution in [3.63, 3.8) is 0 Å². The SMILES string of the molecule is C=CC(=O)O.CNN. The van der Waals surface area contributed by atoms with Crippen LogP contribution in [0.3, 0.4) is 0 Å². The van der Waals surface area contributed by atoms with Crippen molar-refractivity contribution in [3.05, 3.63) is 12.7 Å². The second kappa shape index (κ2) is 9.46. The lowest BCUT2D eigenvalue weighted by Crippen LogP contribution is -2.13.